The first-order valence-electron chi connectivity index (χ1n) is 2.27. The van der Waals surface area contributed by atoms with Gasteiger partial charge in [-0.1, -0.05) is 11.8 Å². The molecule has 0 radical (unpaired) electrons. The van der Waals surface area contributed by atoms with Crippen molar-refractivity contribution in [2.24, 2.45) is 0 Å². The van der Waals surface area contributed by atoms with Gasteiger partial charge in [-0.2, -0.15) is 0 Å². The molecule has 0 aromatic heterocycles. The van der Waals surface area contributed by atoms with E-state index in [0.717, 1.165) is 5.75 Å². The van der Waals surface area contributed by atoms with Gasteiger partial charge in [0.1, 0.15) is 6.10 Å². The molecule has 1 unspecified atom stereocenters. The summed E-state index contributed by atoms with van der Waals surface area (Å²) in [5.74, 6) is 0.801. The molecule has 46 valence electrons. The summed E-state index contributed by atoms with van der Waals surface area (Å²) >= 11 is 6.17. The normalized spacial score (nSPS) is 28.1. The lowest BCUT2D eigenvalue weighted by Gasteiger charge is -2.01. The molecule has 1 rings (SSSR count). The van der Waals surface area contributed by atoms with Crippen LogP contribution in [-0.4, -0.2) is 28.0 Å². The molecule has 8 heavy (non-hydrogen) atoms. The van der Waals surface area contributed by atoms with Crippen LogP contribution in [0.4, 0.5) is 0 Å². The van der Waals surface area contributed by atoms with E-state index in [1.807, 2.05) is 0 Å². The molecular weight excluding hydrogens is 144 g/mol. The van der Waals surface area contributed by atoms with Gasteiger partial charge in [0.2, 0.25) is 4.38 Å². The molecule has 2 nitrogen and oxygen atoms in total. The van der Waals surface area contributed by atoms with Gasteiger partial charge in [-0.05, 0) is 12.2 Å². The van der Waals surface area contributed by atoms with Crippen LogP contribution in [0.2, 0.25) is 0 Å². The molecule has 0 spiro atoms. The summed E-state index contributed by atoms with van der Waals surface area (Å²) in [6.45, 7) is 0.0765. The highest BCUT2D eigenvalue weighted by atomic mass is 32.2. The largest absolute Gasteiger partial charge is 0.472 e. The van der Waals surface area contributed by atoms with Crippen LogP contribution in [0.3, 0.4) is 0 Å². The Morgan fingerprint density at radius 1 is 2.00 bits per heavy atom. The Balaban J connectivity index is 2.32. The van der Waals surface area contributed by atoms with E-state index in [0.29, 0.717) is 4.38 Å². The van der Waals surface area contributed by atoms with Crippen LogP contribution >= 0.6 is 24.0 Å². The smallest absolute Gasteiger partial charge is 0.220 e. The summed E-state index contributed by atoms with van der Waals surface area (Å²) in [6.07, 6.45) is -0.0486. The highest BCUT2D eigenvalue weighted by Gasteiger charge is 2.19. The third-order valence-electron chi connectivity index (χ3n) is 0.854. The topological polar surface area (TPSA) is 29.5 Å². The summed E-state index contributed by atoms with van der Waals surface area (Å²) in [4.78, 5) is 0. The second-order valence-electron chi connectivity index (χ2n) is 1.48. The van der Waals surface area contributed by atoms with Crippen LogP contribution < -0.4 is 0 Å². The maximum Gasteiger partial charge on any atom is 0.220 e. The average Bonchev–Trinajstić information content (AvgIpc) is 2.14. The summed E-state index contributed by atoms with van der Waals surface area (Å²) < 4.78 is 5.51. The van der Waals surface area contributed by atoms with E-state index in [1.165, 1.54) is 11.8 Å². The SMILES string of the molecule is OCC1CSC(=S)O1. The zero-order chi connectivity index (χ0) is 5.98. The molecule has 1 aliphatic heterocycles. The van der Waals surface area contributed by atoms with E-state index in [1.54, 1.807) is 0 Å². The Hall–Kier alpha value is 0.200. The van der Waals surface area contributed by atoms with Gasteiger partial charge in [-0.25, -0.2) is 0 Å². The van der Waals surface area contributed by atoms with E-state index < -0.39 is 0 Å². The van der Waals surface area contributed by atoms with E-state index in [4.69, 9.17) is 22.1 Å². The van der Waals surface area contributed by atoms with E-state index in [2.05, 4.69) is 0 Å². The van der Waals surface area contributed by atoms with Crippen LogP contribution in [0.1, 0.15) is 0 Å². The number of rotatable bonds is 1. The maximum atomic E-state index is 8.49. The molecule has 4 heteroatoms. The Morgan fingerprint density at radius 3 is 3.00 bits per heavy atom. The third-order valence-corrected chi connectivity index (χ3v) is 2.17. The van der Waals surface area contributed by atoms with Crippen LogP contribution in [0.15, 0.2) is 0 Å². The number of aliphatic hydroxyl groups excluding tert-OH is 1. The minimum atomic E-state index is -0.0486. The third kappa shape index (κ3) is 1.34. The first kappa shape index (κ1) is 6.32. The Kier molecular flexibility index (Phi) is 2.10. The number of hydrogen-bond acceptors (Lipinski definition) is 4. The Labute approximate surface area is 57.2 Å². The highest BCUT2D eigenvalue weighted by molar-refractivity contribution is 8.22. The Morgan fingerprint density at radius 2 is 2.75 bits per heavy atom. The van der Waals surface area contributed by atoms with Gasteiger partial charge in [-0.15, -0.1) is 0 Å². The minimum Gasteiger partial charge on any atom is -0.472 e. The predicted molar refractivity (Wildman–Crippen MR) is 37.0 cm³/mol. The summed E-state index contributed by atoms with van der Waals surface area (Å²) in [5.41, 5.74) is 0. The van der Waals surface area contributed by atoms with Crippen molar-refractivity contribution in [2.45, 2.75) is 6.10 Å². The summed E-state index contributed by atoms with van der Waals surface area (Å²) in [6, 6.07) is 0. The lowest BCUT2D eigenvalue weighted by molar-refractivity contribution is 0.137. The van der Waals surface area contributed by atoms with Gasteiger partial charge in [0, 0.05) is 5.75 Å². The second kappa shape index (κ2) is 2.66. The molecule has 0 aromatic rings. The molecule has 1 saturated heterocycles. The zero-order valence-electron chi connectivity index (χ0n) is 4.16. The van der Waals surface area contributed by atoms with Crippen molar-refractivity contribution >= 4 is 28.4 Å². The van der Waals surface area contributed by atoms with Gasteiger partial charge in [0.05, 0.1) is 6.61 Å². The molecule has 0 aromatic carbocycles. The van der Waals surface area contributed by atoms with Crippen molar-refractivity contribution in [3.8, 4) is 0 Å². The van der Waals surface area contributed by atoms with Crippen LogP contribution in [0.5, 0.6) is 0 Å². The zero-order valence-corrected chi connectivity index (χ0v) is 5.80. The lowest BCUT2D eigenvalue weighted by atomic mass is 10.4. The number of ether oxygens (including phenoxy) is 1. The molecule has 1 heterocycles. The van der Waals surface area contributed by atoms with Gasteiger partial charge in [-0.3, -0.25) is 0 Å². The molecule has 0 saturated carbocycles. The Bertz CT molecular complexity index is 104. The molecule has 1 fully saturated rings. The summed E-state index contributed by atoms with van der Waals surface area (Å²) in [7, 11) is 0. The van der Waals surface area contributed by atoms with Gasteiger partial charge >= 0.3 is 0 Å². The minimum absolute atomic E-state index is 0.0486. The molecule has 0 bridgehead atoms. The van der Waals surface area contributed by atoms with Gasteiger partial charge in [0.25, 0.3) is 0 Å². The monoisotopic (exact) mass is 150 g/mol. The second-order valence-corrected chi connectivity index (χ2v) is 3.11. The maximum absolute atomic E-state index is 8.49. The molecular formula is C4H6O2S2. The number of aliphatic hydroxyl groups is 1. The predicted octanol–water partition coefficient (Wildman–Crippen LogP) is 0.396. The quantitative estimate of drug-likeness (QED) is 0.548. The van der Waals surface area contributed by atoms with Crippen LogP contribution in [0, 0.1) is 0 Å². The fraction of sp³-hybridized carbons (Fsp3) is 0.750. The first-order valence-corrected chi connectivity index (χ1v) is 3.66. The van der Waals surface area contributed by atoms with E-state index in [-0.39, 0.29) is 12.7 Å². The van der Waals surface area contributed by atoms with Gasteiger partial charge in [0.15, 0.2) is 0 Å². The van der Waals surface area contributed by atoms with E-state index >= 15 is 0 Å². The van der Waals surface area contributed by atoms with Crippen molar-refractivity contribution in [1.29, 1.82) is 0 Å². The van der Waals surface area contributed by atoms with Crippen molar-refractivity contribution in [3.63, 3.8) is 0 Å². The van der Waals surface area contributed by atoms with Crippen molar-refractivity contribution in [2.75, 3.05) is 12.4 Å². The van der Waals surface area contributed by atoms with Crippen LogP contribution in [0.25, 0.3) is 0 Å². The fourth-order valence-electron chi connectivity index (χ4n) is 0.455. The molecule has 1 atom stereocenters. The van der Waals surface area contributed by atoms with Crippen molar-refractivity contribution in [1.82, 2.24) is 0 Å². The molecule has 1 N–H and O–H groups in total. The summed E-state index contributed by atoms with van der Waals surface area (Å²) in [5, 5.41) is 8.49. The molecule has 1 aliphatic rings. The van der Waals surface area contributed by atoms with Crippen LogP contribution in [-0.2, 0) is 4.74 Å². The van der Waals surface area contributed by atoms with Crippen molar-refractivity contribution < 1.29 is 9.84 Å². The fourth-order valence-corrected chi connectivity index (χ4v) is 1.49. The highest BCUT2D eigenvalue weighted by Crippen LogP contribution is 2.18. The van der Waals surface area contributed by atoms with Crippen molar-refractivity contribution in [3.05, 3.63) is 0 Å². The number of hydrogen-bond donors (Lipinski definition) is 1. The molecule has 0 amide bonds. The standard InChI is InChI=1S/C4H6O2S2/c5-1-3-2-8-4(7)6-3/h3,5H,1-2H2. The number of thioether (sulfide) groups is 1. The van der Waals surface area contributed by atoms with E-state index in [9.17, 15) is 0 Å². The number of thiocarbonyl (C=S) groups is 1. The first-order chi connectivity index (χ1) is 3.83. The van der Waals surface area contributed by atoms with Gasteiger partial charge < -0.3 is 9.84 Å². The average molecular weight is 150 g/mol. The molecule has 0 aliphatic carbocycles. The lowest BCUT2D eigenvalue weighted by Crippen LogP contribution is -2.13.